The van der Waals surface area contributed by atoms with Gasteiger partial charge in [-0.1, -0.05) is 23.7 Å². The van der Waals surface area contributed by atoms with Crippen LogP contribution in [0, 0.1) is 6.92 Å². The van der Waals surface area contributed by atoms with Gasteiger partial charge in [0.1, 0.15) is 23.0 Å². The fraction of sp³-hybridized carbons (Fsp3) is 0.200. The Hall–Kier alpha value is -2.11. The normalized spacial score (nSPS) is 11.0. The van der Waals surface area contributed by atoms with Crippen LogP contribution in [0.1, 0.15) is 11.6 Å². The van der Waals surface area contributed by atoms with E-state index in [1.54, 1.807) is 18.3 Å². The summed E-state index contributed by atoms with van der Waals surface area (Å²) in [5.41, 5.74) is 2.32. The highest BCUT2D eigenvalue weighted by atomic mass is 35.5. The fourth-order valence-electron chi connectivity index (χ4n) is 2.10. The minimum absolute atomic E-state index is 0.00275. The van der Waals surface area contributed by atoms with Crippen molar-refractivity contribution >= 4 is 11.6 Å². The van der Waals surface area contributed by atoms with E-state index in [1.165, 1.54) is 0 Å². The Morgan fingerprint density at radius 1 is 1.29 bits per heavy atom. The molecule has 2 aromatic heterocycles. The zero-order valence-corrected chi connectivity index (χ0v) is 12.2. The summed E-state index contributed by atoms with van der Waals surface area (Å²) in [5, 5.41) is 9.85. The second-order valence-corrected chi connectivity index (χ2v) is 5.09. The molecule has 3 aromatic rings. The van der Waals surface area contributed by atoms with E-state index in [1.807, 2.05) is 19.1 Å². The molecular weight excluding hydrogens is 290 g/mol. The van der Waals surface area contributed by atoms with E-state index >= 15 is 0 Å². The number of aromatic amines is 1. The maximum atomic E-state index is 9.19. The Labute approximate surface area is 126 Å². The van der Waals surface area contributed by atoms with Crippen LogP contribution >= 0.6 is 11.6 Å². The number of hydrogen-bond acceptors (Lipinski definition) is 4. The van der Waals surface area contributed by atoms with E-state index in [9.17, 15) is 5.11 Å². The predicted molar refractivity (Wildman–Crippen MR) is 80.1 cm³/mol. The van der Waals surface area contributed by atoms with Crippen molar-refractivity contribution in [2.24, 2.45) is 0 Å². The SMILES string of the molecule is Cc1ncc(-c2nc(-c3ccc(Cl)cc3)c(CCO)o2)[nH]1. The third kappa shape index (κ3) is 2.84. The van der Waals surface area contributed by atoms with Gasteiger partial charge in [-0.15, -0.1) is 0 Å². The number of aliphatic hydroxyl groups excluding tert-OH is 1. The largest absolute Gasteiger partial charge is 0.439 e. The van der Waals surface area contributed by atoms with E-state index in [-0.39, 0.29) is 6.61 Å². The van der Waals surface area contributed by atoms with Crippen molar-refractivity contribution in [2.75, 3.05) is 6.61 Å². The number of imidazole rings is 1. The van der Waals surface area contributed by atoms with Crippen LogP contribution in [0.2, 0.25) is 5.02 Å². The highest BCUT2D eigenvalue weighted by Crippen LogP contribution is 2.29. The first-order valence-electron chi connectivity index (χ1n) is 6.56. The molecule has 0 aliphatic carbocycles. The van der Waals surface area contributed by atoms with Crippen molar-refractivity contribution in [3.05, 3.63) is 47.1 Å². The Bertz CT molecular complexity index is 747. The van der Waals surface area contributed by atoms with Crippen LogP contribution in [0.3, 0.4) is 0 Å². The standard InChI is InChI=1S/C15H14ClN3O2/c1-9-17-8-12(18-9)15-19-14(13(21-15)6-7-20)10-2-4-11(16)5-3-10/h2-5,8,20H,6-7H2,1H3,(H,17,18). The summed E-state index contributed by atoms with van der Waals surface area (Å²) in [6.07, 6.45) is 2.08. The fourth-order valence-corrected chi connectivity index (χ4v) is 2.23. The number of halogens is 1. The molecule has 1 aromatic carbocycles. The molecule has 0 bridgehead atoms. The zero-order valence-electron chi connectivity index (χ0n) is 11.4. The molecule has 3 rings (SSSR count). The summed E-state index contributed by atoms with van der Waals surface area (Å²) in [6, 6.07) is 7.36. The molecule has 0 aliphatic heterocycles. The predicted octanol–water partition coefficient (Wildman–Crippen LogP) is 3.23. The number of aryl methyl sites for hydroxylation is 1. The van der Waals surface area contributed by atoms with E-state index in [0.29, 0.717) is 34.5 Å². The van der Waals surface area contributed by atoms with Crippen LogP contribution in [-0.2, 0) is 6.42 Å². The molecule has 2 heterocycles. The Kier molecular flexibility index (Phi) is 3.77. The third-order valence-corrected chi connectivity index (χ3v) is 3.34. The molecule has 21 heavy (non-hydrogen) atoms. The lowest BCUT2D eigenvalue weighted by Gasteiger charge is -1.99. The lowest BCUT2D eigenvalue weighted by atomic mass is 10.1. The monoisotopic (exact) mass is 303 g/mol. The lowest BCUT2D eigenvalue weighted by molar-refractivity contribution is 0.288. The summed E-state index contributed by atoms with van der Waals surface area (Å²) < 4.78 is 5.76. The number of nitrogens with zero attached hydrogens (tertiary/aromatic N) is 2. The average Bonchev–Trinajstić information content (AvgIpc) is 3.07. The summed E-state index contributed by atoms with van der Waals surface area (Å²) in [4.78, 5) is 11.7. The number of aromatic nitrogens is 3. The van der Waals surface area contributed by atoms with Crippen LogP contribution in [-0.4, -0.2) is 26.7 Å². The quantitative estimate of drug-likeness (QED) is 0.776. The van der Waals surface area contributed by atoms with Gasteiger partial charge in [-0.25, -0.2) is 9.97 Å². The van der Waals surface area contributed by atoms with Crippen LogP contribution in [0.25, 0.3) is 22.8 Å². The first-order valence-corrected chi connectivity index (χ1v) is 6.93. The van der Waals surface area contributed by atoms with Crippen LogP contribution in [0.4, 0.5) is 0 Å². The molecule has 0 saturated heterocycles. The van der Waals surface area contributed by atoms with Gasteiger partial charge in [0.2, 0.25) is 5.89 Å². The van der Waals surface area contributed by atoms with Crippen molar-refractivity contribution in [3.8, 4) is 22.8 Å². The molecule has 5 nitrogen and oxygen atoms in total. The average molecular weight is 304 g/mol. The number of hydrogen-bond donors (Lipinski definition) is 2. The Morgan fingerprint density at radius 2 is 2.05 bits per heavy atom. The van der Waals surface area contributed by atoms with E-state index in [4.69, 9.17) is 16.0 Å². The van der Waals surface area contributed by atoms with Crippen LogP contribution < -0.4 is 0 Å². The zero-order chi connectivity index (χ0) is 14.8. The van der Waals surface area contributed by atoms with E-state index in [0.717, 1.165) is 11.4 Å². The number of H-pyrrole nitrogens is 1. The molecule has 0 saturated carbocycles. The van der Waals surface area contributed by atoms with Crippen molar-refractivity contribution in [3.63, 3.8) is 0 Å². The smallest absolute Gasteiger partial charge is 0.245 e. The topological polar surface area (TPSA) is 74.9 Å². The molecule has 0 spiro atoms. The van der Waals surface area contributed by atoms with Crippen molar-refractivity contribution < 1.29 is 9.52 Å². The molecule has 2 N–H and O–H groups in total. The van der Waals surface area contributed by atoms with Gasteiger partial charge >= 0.3 is 0 Å². The van der Waals surface area contributed by atoms with Crippen molar-refractivity contribution in [1.82, 2.24) is 15.0 Å². The van der Waals surface area contributed by atoms with Gasteiger partial charge in [0.25, 0.3) is 0 Å². The summed E-state index contributed by atoms with van der Waals surface area (Å²) in [6.45, 7) is 1.86. The number of nitrogens with one attached hydrogen (secondary N) is 1. The minimum atomic E-state index is -0.00275. The molecule has 108 valence electrons. The molecule has 6 heteroatoms. The Balaban J connectivity index is 2.06. The second kappa shape index (κ2) is 5.71. The van der Waals surface area contributed by atoms with Crippen molar-refractivity contribution in [2.45, 2.75) is 13.3 Å². The van der Waals surface area contributed by atoms with Gasteiger partial charge in [-0.3, -0.25) is 0 Å². The molecule has 0 fully saturated rings. The van der Waals surface area contributed by atoms with Crippen molar-refractivity contribution in [1.29, 1.82) is 0 Å². The molecule has 0 amide bonds. The second-order valence-electron chi connectivity index (χ2n) is 4.65. The molecule has 0 atom stereocenters. The molecular formula is C15H14ClN3O2. The van der Waals surface area contributed by atoms with Gasteiger partial charge in [0.15, 0.2) is 0 Å². The van der Waals surface area contributed by atoms with Gasteiger partial charge in [-0.05, 0) is 19.1 Å². The number of oxazole rings is 1. The highest BCUT2D eigenvalue weighted by Gasteiger charge is 2.17. The minimum Gasteiger partial charge on any atom is -0.439 e. The van der Waals surface area contributed by atoms with Gasteiger partial charge in [-0.2, -0.15) is 0 Å². The number of rotatable bonds is 4. The maximum absolute atomic E-state index is 9.19. The lowest BCUT2D eigenvalue weighted by Crippen LogP contribution is -1.91. The number of benzene rings is 1. The molecule has 0 radical (unpaired) electrons. The van der Waals surface area contributed by atoms with E-state index in [2.05, 4.69) is 15.0 Å². The highest BCUT2D eigenvalue weighted by molar-refractivity contribution is 6.30. The van der Waals surface area contributed by atoms with Gasteiger partial charge in [0.05, 0.1) is 12.8 Å². The first kappa shape index (κ1) is 13.9. The maximum Gasteiger partial charge on any atom is 0.245 e. The number of aliphatic hydroxyl groups is 1. The molecule has 0 aliphatic rings. The van der Waals surface area contributed by atoms with Crippen LogP contribution in [0.15, 0.2) is 34.9 Å². The van der Waals surface area contributed by atoms with Gasteiger partial charge in [0, 0.05) is 17.0 Å². The van der Waals surface area contributed by atoms with Gasteiger partial charge < -0.3 is 14.5 Å². The first-order chi connectivity index (χ1) is 10.2. The summed E-state index contributed by atoms with van der Waals surface area (Å²) >= 11 is 5.91. The summed E-state index contributed by atoms with van der Waals surface area (Å²) in [5.74, 6) is 1.89. The summed E-state index contributed by atoms with van der Waals surface area (Å²) in [7, 11) is 0. The Morgan fingerprint density at radius 3 is 2.67 bits per heavy atom. The van der Waals surface area contributed by atoms with Crippen LogP contribution in [0.5, 0.6) is 0 Å². The molecule has 0 unspecified atom stereocenters. The van der Waals surface area contributed by atoms with E-state index < -0.39 is 0 Å². The third-order valence-electron chi connectivity index (χ3n) is 3.09.